The maximum absolute atomic E-state index is 4.35. The molecule has 0 aliphatic rings. The molecule has 0 saturated carbocycles. The molecule has 3 rings (SSSR count). The quantitative estimate of drug-likeness (QED) is 0.763. The highest BCUT2D eigenvalue weighted by Gasteiger charge is 2.01. The van der Waals surface area contributed by atoms with Crippen LogP contribution in [0.1, 0.15) is 5.56 Å². The molecule has 0 radical (unpaired) electrons. The van der Waals surface area contributed by atoms with E-state index in [4.69, 9.17) is 0 Å². The number of fused-ring (bicyclic) bond motifs is 1. The lowest BCUT2D eigenvalue weighted by Crippen LogP contribution is -2.07. The summed E-state index contributed by atoms with van der Waals surface area (Å²) in [6, 6.07) is 12.1. The van der Waals surface area contributed by atoms with Crippen LogP contribution in [-0.2, 0) is 6.67 Å². The summed E-state index contributed by atoms with van der Waals surface area (Å²) in [4.78, 5) is 8.63. The van der Waals surface area contributed by atoms with Gasteiger partial charge in [0.1, 0.15) is 5.82 Å². The van der Waals surface area contributed by atoms with Gasteiger partial charge >= 0.3 is 0 Å². The molecular formula is C14H14N4. The normalized spacial score (nSPS) is 10.7. The third kappa shape index (κ3) is 2.05. The number of aromatic nitrogens is 3. The van der Waals surface area contributed by atoms with Gasteiger partial charge in [-0.1, -0.05) is 12.1 Å². The maximum atomic E-state index is 4.35. The van der Waals surface area contributed by atoms with Crippen molar-refractivity contribution >= 4 is 16.9 Å². The van der Waals surface area contributed by atoms with E-state index < -0.39 is 0 Å². The van der Waals surface area contributed by atoms with Gasteiger partial charge in [-0.25, -0.2) is 9.97 Å². The molecule has 0 fully saturated rings. The van der Waals surface area contributed by atoms with Gasteiger partial charge in [-0.15, -0.1) is 0 Å². The lowest BCUT2D eigenvalue weighted by Gasteiger charge is -2.07. The molecule has 0 aliphatic heterocycles. The van der Waals surface area contributed by atoms with Gasteiger partial charge in [0.25, 0.3) is 0 Å². The number of nitrogens with zero attached hydrogens (tertiary/aromatic N) is 3. The molecule has 0 unspecified atom stereocenters. The number of hydrogen-bond donors (Lipinski definition) is 1. The third-order valence-electron chi connectivity index (χ3n) is 2.87. The van der Waals surface area contributed by atoms with Crippen molar-refractivity contribution in [2.75, 3.05) is 5.32 Å². The Bertz CT molecular complexity index is 672. The number of pyridine rings is 1. The average Bonchev–Trinajstić information content (AvgIpc) is 2.80. The molecule has 0 aliphatic carbocycles. The average molecular weight is 238 g/mol. The largest absolute Gasteiger partial charge is 0.352 e. The van der Waals surface area contributed by atoms with E-state index in [0.717, 1.165) is 16.9 Å². The summed E-state index contributed by atoms with van der Waals surface area (Å²) < 4.78 is 2.07. The Morgan fingerprint density at radius 3 is 2.94 bits per heavy atom. The molecule has 0 spiro atoms. The zero-order valence-corrected chi connectivity index (χ0v) is 10.2. The number of benzene rings is 1. The lowest BCUT2D eigenvalue weighted by atomic mass is 10.3. The van der Waals surface area contributed by atoms with E-state index in [9.17, 15) is 0 Å². The Morgan fingerprint density at radius 2 is 2.06 bits per heavy atom. The minimum atomic E-state index is 0.664. The fourth-order valence-corrected chi connectivity index (χ4v) is 1.94. The van der Waals surface area contributed by atoms with Crippen LogP contribution in [0.2, 0.25) is 0 Å². The first-order chi connectivity index (χ1) is 8.83. The second-order valence-corrected chi connectivity index (χ2v) is 4.26. The first-order valence-corrected chi connectivity index (χ1v) is 5.89. The van der Waals surface area contributed by atoms with Crippen molar-refractivity contribution in [2.45, 2.75) is 13.6 Å². The topological polar surface area (TPSA) is 42.7 Å². The van der Waals surface area contributed by atoms with Crippen LogP contribution in [0.3, 0.4) is 0 Å². The van der Waals surface area contributed by atoms with Gasteiger partial charge in [0.2, 0.25) is 0 Å². The number of imidazole rings is 1. The van der Waals surface area contributed by atoms with E-state index in [2.05, 4.69) is 32.8 Å². The fraction of sp³-hybridized carbons (Fsp3) is 0.143. The molecule has 1 N–H and O–H groups in total. The Balaban J connectivity index is 1.81. The van der Waals surface area contributed by atoms with Crippen molar-refractivity contribution in [2.24, 2.45) is 0 Å². The van der Waals surface area contributed by atoms with E-state index in [-0.39, 0.29) is 0 Å². The van der Waals surface area contributed by atoms with Gasteiger partial charge in [-0.2, -0.15) is 0 Å². The zero-order chi connectivity index (χ0) is 12.4. The number of anilines is 1. The van der Waals surface area contributed by atoms with Crippen molar-refractivity contribution < 1.29 is 0 Å². The Kier molecular flexibility index (Phi) is 2.68. The molecule has 4 heteroatoms. The summed E-state index contributed by atoms with van der Waals surface area (Å²) in [5, 5.41) is 3.29. The van der Waals surface area contributed by atoms with E-state index in [1.165, 1.54) is 5.56 Å². The number of aryl methyl sites for hydroxylation is 1. The smallest absolute Gasteiger partial charge is 0.127 e. The predicted molar refractivity (Wildman–Crippen MR) is 72.3 cm³/mol. The second kappa shape index (κ2) is 4.49. The molecule has 2 heterocycles. The van der Waals surface area contributed by atoms with Gasteiger partial charge in [0, 0.05) is 6.20 Å². The van der Waals surface area contributed by atoms with Gasteiger partial charge in [-0.05, 0) is 36.8 Å². The number of nitrogens with one attached hydrogen (secondary N) is 1. The highest BCUT2D eigenvalue weighted by Crippen LogP contribution is 2.12. The first kappa shape index (κ1) is 10.8. The molecular weight excluding hydrogens is 224 g/mol. The molecule has 2 aromatic heterocycles. The highest BCUT2D eigenvalue weighted by atomic mass is 15.2. The van der Waals surface area contributed by atoms with Crippen molar-refractivity contribution in [1.82, 2.24) is 14.5 Å². The monoisotopic (exact) mass is 238 g/mol. The summed E-state index contributed by atoms with van der Waals surface area (Å²) >= 11 is 0. The summed E-state index contributed by atoms with van der Waals surface area (Å²) in [7, 11) is 0. The van der Waals surface area contributed by atoms with Gasteiger partial charge in [0.05, 0.1) is 24.0 Å². The third-order valence-corrected chi connectivity index (χ3v) is 2.87. The highest BCUT2D eigenvalue weighted by molar-refractivity contribution is 5.74. The van der Waals surface area contributed by atoms with Crippen LogP contribution in [0.15, 0.2) is 48.9 Å². The minimum Gasteiger partial charge on any atom is -0.352 e. The van der Waals surface area contributed by atoms with E-state index in [0.29, 0.717) is 6.67 Å². The Hall–Kier alpha value is -2.36. The van der Waals surface area contributed by atoms with Crippen molar-refractivity contribution in [3.8, 4) is 0 Å². The number of hydrogen-bond acceptors (Lipinski definition) is 3. The van der Waals surface area contributed by atoms with Gasteiger partial charge in [0.15, 0.2) is 0 Å². The van der Waals surface area contributed by atoms with Crippen LogP contribution in [0.5, 0.6) is 0 Å². The van der Waals surface area contributed by atoms with Crippen LogP contribution in [-0.4, -0.2) is 14.5 Å². The molecule has 0 saturated heterocycles. The standard InChI is InChI=1S/C14H14N4/c1-11-6-7-15-14(8-11)17-10-18-9-16-12-4-2-3-5-13(12)18/h2-9H,10H2,1H3,(H,15,17). The van der Waals surface area contributed by atoms with Crippen molar-refractivity contribution in [3.63, 3.8) is 0 Å². The van der Waals surface area contributed by atoms with E-state index in [1.807, 2.05) is 42.9 Å². The predicted octanol–water partition coefficient (Wildman–Crippen LogP) is 2.81. The second-order valence-electron chi connectivity index (χ2n) is 4.26. The van der Waals surface area contributed by atoms with Crippen molar-refractivity contribution in [1.29, 1.82) is 0 Å². The number of para-hydroxylation sites is 2. The zero-order valence-electron chi connectivity index (χ0n) is 10.2. The molecule has 1 aromatic carbocycles. The Labute approximate surface area is 105 Å². The maximum Gasteiger partial charge on any atom is 0.127 e. The summed E-state index contributed by atoms with van der Waals surface area (Å²) in [5.41, 5.74) is 3.33. The molecule has 0 bridgehead atoms. The minimum absolute atomic E-state index is 0.664. The summed E-state index contributed by atoms with van der Waals surface area (Å²) in [6.45, 7) is 2.72. The Morgan fingerprint density at radius 1 is 1.17 bits per heavy atom. The van der Waals surface area contributed by atoms with Crippen LogP contribution in [0.25, 0.3) is 11.0 Å². The number of rotatable bonds is 3. The fourth-order valence-electron chi connectivity index (χ4n) is 1.94. The molecule has 0 atom stereocenters. The van der Waals surface area contributed by atoms with Crippen LogP contribution in [0, 0.1) is 6.92 Å². The van der Waals surface area contributed by atoms with Gasteiger partial charge in [-0.3, -0.25) is 0 Å². The van der Waals surface area contributed by atoms with Crippen LogP contribution >= 0.6 is 0 Å². The summed E-state index contributed by atoms with van der Waals surface area (Å²) in [6.07, 6.45) is 3.65. The SMILES string of the molecule is Cc1ccnc(NCn2cnc3ccccc32)c1. The molecule has 18 heavy (non-hydrogen) atoms. The van der Waals surface area contributed by atoms with E-state index >= 15 is 0 Å². The van der Waals surface area contributed by atoms with E-state index in [1.54, 1.807) is 0 Å². The summed E-state index contributed by atoms with van der Waals surface area (Å²) in [5.74, 6) is 0.882. The van der Waals surface area contributed by atoms with Crippen LogP contribution < -0.4 is 5.32 Å². The molecule has 3 aromatic rings. The van der Waals surface area contributed by atoms with Crippen molar-refractivity contribution in [3.05, 3.63) is 54.5 Å². The van der Waals surface area contributed by atoms with Crippen LogP contribution in [0.4, 0.5) is 5.82 Å². The van der Waals surface area contributed by atoms with Gasteiger partial charge < -0.3 is 9.88 Å². The lowest BCUT2D eigenvalue weighted by molar-refractivity contribution is 0.795. The first-order valence-electron chi connectivity index (χ1n) is 5.89. The molecule has 0 amide bonds. The molecule has 90 valence electrons. The molecule has 4 nitrogen and oxygen atoms in total.